The third kappa shape index (κ3) is 5.74. The van der Waals surface area contributed by atoms with Crippen molar-refractivity contribution in [2.24, 2.45) is 0 Å². The summed E-state index contributed by atoms with van der Waals surface area (Å²) in [6.07, 6.45) is 9.03. The smallest absolute Gasteiger partial charge is 0.151 e. The molecule has 2 rings (SSSR count). The monoisotopic (exact) mass is 256 g/mol. The van der Waals surface area contributed by atoms with E-state index < -0.39 is 0 Å². The number of ether oxygens (including phenoxy) is 2. The molecule has 0 aliphatic carbocycles. The molecule has 0 aromatic carbocycles. The van der Waals surface area contributed by atoms with Crippen LogP contribution in [0.15, 0.2) is 0 Å². The lowest BCUT2D eigenvalue weighted by molar-refractivity contribution is -0.109. The molecular weight excluding hydrogens is 232 g/mol. The zero-order chi connectivity index (χ0) is 13.4. The Morgan fingerprint density at radius 3 is 1.44 bits per heavy atom. The first-order chi connectivity index (χ1) is 8.76. The predicted octanol–water partition coefficient (Wildman–Crippen LogP) is 2.29. The fourth-order valence-corrected chi connectivity index (χ4v) is 1.83. The summed E-state index contributed by atoms with van der Waals surface area (Å²) in [5.41, 5.74) is 0. The molecule has 2 saturated heterocycles. The van der Waals surface area contributed by atoms with E-state index >= 15 is 0 Å². The maximum atomic E-state index is 10.0. The molecule has 2 heterocycles. The summed E-state index contributed by atoms with van der Waals surface area (Å²) >= 11 is 0. The van der Waals surface area contributed by atoms with Gasteiger partial charge in [0.05, 0.1) is 12.2 Å². The number of epoxide rings is 2. The van der Waals surface area contributed by atoms with E-state index in [1.54, 1.807) is 0 Å². The van der Waals surface area contributed by atoms with Crippen LogP contribution in [0.4, 0.5) is 0 Å². The number of rotatable bonds is 8. The van der Waals surface area contributed by atoms with Gasteiger partial charge in [-0.25, -0.2) is 0 Å². The Balaban J connectivity index is 0.000000180. The van der Waals surface area contributed by atoms with E-state index in [0.29, 0.717) is 0 Å². The molecule has 4 atom stereocenters. The fraction of sp³-hybridized carbons (Fsp3) is 0.857. The number of hydrogen-bond donors (Lipinski definition) is 0. The lowest BCUT2D eigenvalue weighted by Crippen LogP contribution is -1.93. The van der Waals surface area contributed by atoms with E-state index in [4.69, 9.17) is 9.47 Å². The van der Waals surface area contributed by atoms with Crippen LogP contribution in [0.5, 0.6) is 0 Å². The fourth-order valence-electron chi connectivity index (χ4n) is 1.83. The first-order valence-electron chi connectivity index (χ1n) is 6.98. The Bertz CT molecular complexity index is 228. The molecule has 0 aromatic rings. The number of hydrogen-bond acceptors (Lipinski definition) is 4. The largest absolute Gasteiger partial charge is 0.362 e. The van der Waals surface area contributed by atoms with E-state index in [1.807, 2.05) is 0 Å². The minimum Gasteiger partial charge on any atom is -0.362 e. The van der Waals surface area contributed by atoms with Crippen LogP contribution < -0.4 is 0 Å². The zero-order valence-electron chi connectivity index (χ0n) is 11.3. The van der Waals surface area contributed by atoms with Crippen LogP contribution in [0.1, 0.15) is 52.4 Å². The standard InChI is InChI=1S/2C7H12O2/c2*1-2-3-4-6-7(5-8)9-6/h2*5-7H,2-4H2,1H3. The average Bonchev–Trinajstić information content (AvgIpc) is 3.29. The molecule has 18 heavy (non-hydrogen) atoms. The summed E-state index contributed by atoms with van der Waals surface area (Å²) in [5, 5.41) is 0. The van der Waals surface area contributed by atoms with E-state index in [-0.39, 0.29) is 24.4 Å². The Kier molecular flexibility index (Phi) is 7.13. The van der Waals surface area contributed by atoms with Gasteiger partial charge >= 0.3 is 0 Å². The van der Waals surface area contributed by atoms with Crippen LogP contribution in [0.3, 0.4) is 0 Å². The van der Waals surface area contributed by atoms with Crippen LogP contribution in [-0.4, -0.2) is 37.0 Å². The molecule has 0 radical (unpaired) electrons. The average molecular weight is 256 g/mol. The van der Waals surface area contributed by atoms with Gasteiger partial charge in [-0.3, -0.25) is 0 Å². The Morgan fingerprint density at radius 2 is 1.22 bits per heavy atom. The maximum Gasteiger partial charge on any atom is 0.151 e. The van der Waals surface area contributed by atoms with E-state index in [0.717, 1.165) is 25.4 Å². The van der Waals surface area contributed by atoms with Gasteiger partial charge in [0.1, 0.15) is 12.2 Å². The second-order valence-corrected chi connectivity index (χ2v) is 4.83. The van der Waals surface area contributed by atoms with Crippen molar-refractivity contribution in [1.29, 1.82) is 0 Å². The third-order valence-electron chi connectivity index (χ3n) is 3.20. The molecule has 0 N–H and O–H groups in total. The molecule has 0 amide bonds. The summed E-state index contributed by atoms with van der Waals surface area (Å²) in [4.78, 5) is 20.0. The second-order valence-electron chi connectivity index (χ2n) is 4.83. The molecule has 0 spiro atoms. The lowest BCUT2D eigenvalue weighted by atomic mass is 10.2. The number of aldehydes is 2. The predicted molar refractivity (Wildman–Crippen MR) is 68.5 cm³/mol. The zero-order valence-corrected chi connectivity index (χ0v) is 11.3. The van der Waals surface area contributed by atoms with Gasteiger partial charge in [0.2, 0.25) is 0 Å². The summed E-state index contributed by atoms with van der Waals surface area (Å²) in [6.45, 7) is 4.27. The number of carbonyl (C=O) groups is 2. The molecule has 0 saturated carbocycles. The summed E-state index contributed by atoms with van der Waals surface area (Å²) < 4.78 is 10.0. The van der Waals surface area contributed by atoms with E-state index in [9.17, 15) is 9.59 Å². The summed E-state index contributed by atoms with van der Waals surface area (Å²) in [6, 6.07) is 0. The molecule has 4 heteroatoms. The Labute approximate surface area is 109 Å². The first kappa shape index (κ1) is 15.3. The quantitative estimate of drug-likeness (QED) is 0.494. The maximum absolute atomic E-state index is 10.0. The highest BCUT2D eigenvalue weighted by atomic mass is 16.6. The van der Waals surface area contributed by atoms with Gasteiger partial charge in [-0.15, -0.1) is 0 Å². The van der Waals surface area contributed by atoms with Crippen molar-refractivity contribution in [3.63, 3.8) is 0 Å². The van der Waals surface area contributed by atoms with Gasteiger partial charge in [0, 0.05) is 0 Å². The Morgan fingerprint density at radius 1 is 0.833 bits per heavy atom. The Hall–Kier alpha value is -0.740. The van der Waals surface area contributed by atoms with Gasteiger partial charge in [-0.05, 0) is 12.8 Å². The van der Waals surface area contributed by atoms with Crippen molar-refractivity contribution in [1.82, 2.24) is 0 Å². The SMILES string of the molecule is CCCCC1OC1C=O.CCCCC1OC1C=O. The number of carbonyl (C=O) groups excluding carboxylic acids is 2. The molecule has 4 unspecified atom stereocenters. The highest BCUT2D eigenvalue weighted by Crippen LogP contribution is 2.25. The minimum absolute atomic E-state index is 0.0588. The molecule has 104 valence electrons. The highest BCUT2D eigenvalue weighted by molar-refractivity contribution is 5.60. The van der Waals surface area contributed by atoms with Crippen LogP contribution in [-0.2, 0) is 19.1 Å². The van der Waals surface area contributed by atoms with Crippen molar-refractivity contribution < 1.29 is 19.1 Å². The normalized spacial score (nSPS) is 32.1. The minimum atomic E-state index is -0.0588. The van der Waals surface area contributed by atoms with E-state index in [2.05, 4.69) is 13.8 Å². The van der Waals surface area contributed by atoms with Crippen molar-refractivity contribution in [2.45, 2.75) is 76.8 Å². The van der Waals surface area contributed by atoms with Crippen molar-refractivity contribution >= 4 is 12.6 Å². The van der Waals surface area contributed by atoms with Crippen molar-refractivity contribution in [2.75, 3.05) is 0 Å². The van der Waals surface area contributed by atoms with Crippen LogP contribution >= 0.6 is 0 Å². The number of unbranched alkanes of at least 4 members (excludes halogenated alkanes) is 2. The summed E-state index contributed by atoms with van der Waals surface area (Å²) in [7, 11) is 0. The van der Waals surface area contributed by atoms with Gasteiger partial charge in [0.15, 0.2) is 12.6 Å². The van der Waals surface area contributed by atoms with Gasteiger partial charge < -0.3 is 19.1 Å². The summed E-state index contributed by atoms with van der Waals surface area (Å²) in [5.74, 6) is 0. The first-order valence-corrected chi connectivity index (χ1v) is 6.98. The molecule has 2 aliphatic rings. The lowest BCUT2D eigenvalue weighted by Gasteiger charge is -1.87. The topological polar surface area (TPSA) is 59.2 Å². The molecule has 0 aromatic heterocycles. The third-order valence-corrected chi connectivity index (χ3v) is 3.20. The second kappa shape index (κ2) is 8.38. The molecular formula is C14H24O4. The molecule has 4 nitrogen and oxygen atoms in total. The van der Waals surface area contributed by atoms with Crippen LogP contribution in [0.25, 0.3) is 0 Å². The van der Waals surface area contributed by atoms with Gasteiger partial charge in [-0.2, -0.15) is 0 Å². The van der Waals surface area contributed by atoms with Crippen LogP contribution in [0, 0.1) is 0 Å². The van der Waals surface area contributed by atoms with Gasteiger partial charge in [0.25, 0.3) is 0 Å². The molecule has 2 aliphatic heterocycles. The van der Waals surface area contributed by atoms with Crippen LogP contribution in [0.2, 0.25) is 0 Å². The van der Waals surface area contributed by atoms with E-state index in [1.165, 1.54) is 25.7 Å². The van der Waals surface area contributed by atoms with Crippen molar-refractivity contribution in [3.05, 3.63) is 0 Å². The molecule has 0 bridgehead atoms. The molecule has 2 fully saturated rings. The van der Waals surface area contributed by atoms with Gasteiger partial charge in [-0.1, -0.05) is 39.5 Å². The van der Waals surface area contributed by atoms with Crippen molar-refractivity contribution in [3.8, 4) is 0 Å². The highest BCUT2D eigenvalue weighted by Gasteiger charge is 2.37.